The van der Waals surface area contributed by atoms with Gasteiger partial charge in [0.1, 0.15) is 5.75 Å². The van der Waals surface area contributed by atoms with Crippen molar-refractivity contribution in [1.29, 1.82) is 0 Å². The molecule has 0 unspecified atom stereocenters. The fourth-order valence-electron chi connectivity index (χ4n) is 1.62. The molecular weight excluding hydrogens is 214 g/mol. The molecule has 0 amide bonds. The van der Waals surface area contributed by atoms with Gasteiger partial charge in [0.25, 0.3) is 0 Å². The van der Waals surface area contributed by atoms with Crippen molar-refractivity contribution in [2.45, 2.75) is 26.7 Å². The fraction of sp³-hybridized carbons (Fsp3) is 0.500. The van der Waals surface area contributed by atoms with E-state index in [9.17, 15) is 4.79 Å². The zero-order valence-corrected chi connectivity index (χ0v) is 11.3. The lowest BCUT2D eigenvalue weighted by molar-refractivity contribution is -0.135. The summed E-state index contributed by atoms with van der Waals surface area (Å²) in [5, 5.41) is 0. The Balaban J connectivity index is 2.88. The lowest BCUT2D eigenvalue weighted by Crippen LogP contribution is -2.25. The first-order valence-corrected chi connectivity index (χ1v) is 5.86. The van der Waals surface area contributed by atoms with Crippen LogP contribution in [0.15, 0.2) is 18.2 Å². The monoisotopic (exact) mass is 235 g/mol. The van der Waals surface area contributed by atoms with E-state index in [1.165, 1.54) is 0 Å². The molecule has 0 aliphatic carbocycles. The minimum Gasteiger partial charge on any atom is -0.425 e. The summed E-state index contributed by atoms with van der Waals surface area (Å²) in [4.78, 5) is 13.4. The number of carbonyl (C=O) groups excluding carboxylic acids is 1. The van der Waals surface area contributed by atoms with Crippen molar-refractivity contribution in [3.8, 4) is 5.75 Å². The van der Waals surface area contributed by atoms with Gasteiger partial charge >= 0.3 is 5.97 Å². The van der Waals surface area contributed by atoms with Crippen LogP contribution in [0.25, 0.3) is 0 Å². The summed E-state index contributed by atoms with van der Waals surface area (Å²) >= 11 is 0. The highest BCUT2D eigenvalue weighted by Crippen LogP contribution is 2.27. The van der Waals surface area contributed by atoms with Crippen molar-refractivity contribution in [1.82, 2.24) is 4.90 Å². The van der Waals surface area contributed by atoms with Gasteiger partial charge in [0, 0.05) is 0 Å². The van der Waals surface area contributed by atoms with Gasteiger partial charge in [-0.25, -0.2) is 0 Å². The van der Waals surface area contributed by atoms with Gasteiger partial charge in [-0.15, -0.1) is 0 Å². The Morgan fingerprint density at radius 3 is 2.53 bits per heavy atom. The van der Waals surface area contributed by atoms with E-state index in [-0.39, 0.29) is 5.97 Å². The van der Waals surface area contributed by atoms with E-state index in [0.717, 1.165) is 11.1 Å². The van der Waals surface area contributed by atoms with Gasteiger partial charge in [0.05, 0.1) is 6.54 Å². The van der Waals surface area contributed by atoms with Gasteiger partial charge in [0.15, 0.2) is 0 Å². The summed E-state index contributed by atoms with van der Waals surface area (Å²) in [5.41, 5.74) is 2.17. The average Bonchev–Trinajstić information content (AvgIpc) is 2.15. The quantitative estimate of drug-likeness (QED) is 0.593. The summed E-state index contributed by atoms with van der Waals surface area (Å²) in [6, 6.07) is 5.99. The van der Waals surface area contributed by atoms with Crippen LogP contribution in [0, 0.1) is 6.92 Å². The van der Waals surface area contributed by atoms with Crippen molar-refractivity contribution < 1.29 is 9.53 Å². The van der Waals surface area contributed by atoms with E-state index in [0.29, 0.717) is 18.2 Å². The normalized spacial score (nSPS) is 11.0. The number of benzene rings is 1. The molecule has 0 atom stereocenters. The maximum atomic E-state index is 11.6. The number of aryl methyl sites for hydroxylation is 1. The van der Waals surface area contributed by atoms with E-state index in [4.69, 9.17) is 4.74 Å². The first kappa shape index (κ1) is 13.7. The Morgan fingerprint density at radius 1 is 1.35 bits per heavy atom. The molecule has 0 saturated carbocycles. The Bertz CT molecular complexity index is 397. The predicted molar refractivity (Wildman–Crippen MR) is 69.5 cm³/mol. The summed E-state index contributed by atoms with van der Waals surface area (Å²) in [5.74, 6) is 0.812. The smallest absolute Gasteiger partial charge is 0.325 e. The van der Waals surface area contributed by atoms with Crippen LogP contribution in [0.3, 0.4) is 0 Å². The molecule has 1 aromatic carbocycles. The van der Waals surface area contributed by atoms with Gasteiger partial charge in [-0.3, -0.25) is 9.69 Å². The number of ether oxygens (including phenoxy) is 1. The van der Waals surface area contributed by atoms with Crippen LogP contribution in [-0.4, -0.2) is 31.5 Å². The summed E-state index contributed by atoms with van der Waals surface area (Å²) in [6.07, 6.45) is 0. The number of rotatable bonds is 4. The average molecular weight is 235 g/mol. The number of hydrogen-bond donors (Lipinski definition) is 0. The Kier molecular flexibility index (Phi) is 4.70. The van der Waals surface area contributed by atoms with E-state index < -0.39 is 0 Å². The van der Waals surface area contributed by atoms with Crippen LogP contribution < -0.4 is 4.74 Å². The molecule has 0 bridgehead atoms. The van der Waals surface area contributed by atoms with Crippen LogP contribution in [0.4, 0.5) is 0 Å². The van der Waals surface area contributed by atoms with Crippen LogP contribution in [0.1, 0.15) is 30.9 Å². The minimum atomic E-state index is -0.220. The van der Waals surface area contributed by atoms with Gasteiger partial charge in [0.2, 0.25) is 0 Å². The maximum Gasteiger partial charge on any atom is 0.325 e. The largest absolute Gasteiger partial charge is 0.425 e. The Hall–Kier alpha value is -1.35. The molecule has 1 aromatic rings. The van der Waals surface area contributed by atoms with Crippen LogP contribution in [0.5, 0.6) is 5.75 Å². The molecule has 0 aliphatic heterocycles. The van der Waals surface area contributed by atoms with E-state index in [1.807, 2.05) is 39.2 Å². The second-order valence-electron chi connectivity index (χ2n) is 4.91. The fourth-order valence-corrected chi connectivity index (χ4v) is 1.62. The molecule has 0 saturated heterocycles. The van der Waals surface area contributed by atoms with Crippen molar-refractivity contribution in [3.05, 3.63) is 29.3 Å². The third kappa shape index (κ3) is 4.19. The molecule has 3 nitrogen and oxygen atoms in total. The second kappa shape index (κ2) is 5.82. The molecule has 0 spiro atoms. The van der Waals surface area contributed by atoms with Crippen LogP contribution in [-0.2, 0) is 4.79 Å². The molecule has 3 heteroatoms. The number of hydrogen-bond acceptors (Lipinski definition) is 3. The number of carbonyl (C=O) groups is 1. The standard InChI is InChI=1S/C14H21NO2/c1-10(2)12-7-6-11(3)8-13(12)17-14(16)9-15(4)5/h6-8,10H,9H2,1-5H3. The van der Waals surface area contributed by atoms with E-state index in [1.54, 1.807) is 4.90 Å². The van der Waals surface area contributed by atoms with Crippen molar-refractivity contribution in [3.63, 3.8) is 0 Å². The number of nitrogens with zero attached hydrogens (tertiary/aromatic N) is 1. The third-order valence-electron chi connectivity index (χ3n) is 2.46. The van der Waals surface area contributed by atoms with E-state index in [2.05, 4.69) is 13.8 Å². The molecule has 0 radical (unpaired) electrons. The van der Waals surface area contributed by atoms with Gasteiger partial charge in [-0.2, -0.15) is 0 Å². The Morgan fingerprint density at radius 2 is 2.00 bits per heavy atom. The molecule has 0 aliphatic rings. The van der Waals surface area contributed by atoms with Crippen molar-refractivity contribution in [2.24, 2.45) is 0 Å². The molecule has 1 rings (SSSR count). The third-order valence-corrected chi connectivity index (χ3v) is 2.46. The molecule has 0 fully saturated rings. The van der Waals surface area contributed by atoms with Crippen LogP contribution >= 0.6 is 0 Å². The van der Waals surface area contributed by atoms with Crippen molar-refractivity contribution >= 4 is 5.97 Å². The summed E-state index contributed by atoms with van der Waals surface area (Å²) in [6.45, 7) is 6.47. The molecule has 94 valence electrons. The van der Waals surface area contributed by atoms with Crippen molar-refractivity contribution in [2.75, 3.05) is 20.6 Å². The zero-order chi connectivity index (χ0) is 13.0. The predicted octanol–water partition coefficient (Wildman–Crippen LogP) is 2.59. The second-order valence-corrected chi connectivity index (χ2v) is 4.91. The molecule has 17 heavy (non-hydrogen) atoms. The van der Waals surface area contributed by atoms with E-state index >= 15 is 0 Å². The van der Waals surface area contributed by atoms with Gasteiger partial charge < -0.3 is 4.74 Å². The molecule has 0 N–H and O–H groups in total. The van der Waals surface area contributed by atoms with Gasteiger partial charge in [-0.1, -0.05) is 26.0 Å². The highest BCUT2D eigenvalue weighted by Gasteiger charge is 2.12. The lowest BCUT2D eigenvalue weighted by Gasteiger charge is -2.15. The summed E-state index contributed by atoms with van der Waals surface area (Å²) < 4.78 is 5.42. The van der Waals surface area contributed by atoms with Crippen LogP contribution in [0.2, 0.25) is 0 Å². The highest BCUT2D eigenvalue weighted by molar-refractivity contribution is 5.75. The first-order valence-electron chi connectivity index (χ1n) is 5.86. The topological polar surface area (TPSA) is 29.5 Å². The number of likely N-dealkylation sites (N-methyl/N-ethyl adjacent to an activating group) is 1. The molecular formula is C14H21NO2. The molecule has 0 heterocycles. The van der Waals surface area contributed by atoms with Gasteiger partial charge in [-0.05, 0) is 44.1 Å². The SMILES string of the molecule is Cc1ccc(C(C)C)c(OC(=O)CN(C)C)c1. The lowest BCUT2D eigenvalue weighted by atomic mass is 10.0. The number of esters is 1. The summed E-state index contributed by atoms with van der Waals surface area (Å²) in [7, 11) is 3.70. The Labute approximate surface area is 103 Å². The zero-order valence-electron chi connectivity index (χ0n) is 11.3. The highest BCUT2D eigenvalue weighted by atomic mass is 16.5. The maximum absolute atomic E-state index is 11.6. The minimum absolute atomic E-state index is 0.220. The first-order chi connectivity index (χ1) is 7.90. The molecule has 0 aromatic heterocycles.